The first-order valence-electron chi connectivity index (χ1n) is 15.1. The third-order valence-corrected chi connectivity index (χ3v) is 11.1. The Kier molecular flexibility index (Phi) is 10.5. The van der Waals surface area contributed by atoms with E-state index in [1.165, 1.54) is 13.3 Å². The molecule has 1 aromatic heterocycles. The molecule has 1 fully saturated rings. The van der Waals surface area contributed by atoms with E-state index in [9.17, 15) is 9.46 Å². The zero-order valence-electron chi connectivity index (χ0n) is 26.0. The van der Waals surface area contributed by atoms with E-state index < -0.39 is 13.2 Å². The third-order valence-electron chi connectivity index (χ3n) is 8.57. The molecule has 1 unspecified atom stereocenters. The first-order chi connectivity index (χ1) is 19.9. The van der Waals surface area contributed by atoms with Crippen molar-refractivity contribution in [3.63, 3.8) is 0 Å². The van der Waals surface area contributed by atoms with Gasteiger partial charge in [0.25, 0.3) is 0 Å². The molecule has 8 heteroatoms. The maximum absolute atomic E-state index is 15.0. The summed E-state index contributed by atoms with van der Waals surface area (Å²) in [7, 11) is -1.71. The Morgan fingerprint density at radius 1 is 1.05 bits per heavy atom. The molecule has 0 amide bonds. The summed E-state index contributed by atoms with van der Waals surface area (Å²) in [5.74, 6) is 1.18. The fraction of sp³-hybridized carbons (Fsp3) is 0.500. The van der Waals surface area contributed by atoms with Crippen LogP contribution in [0.25, 0.3) is 11.1 Å². The average molecular weight is 597 g/mol. The zero-order valence-corrected chi connectivity index (χ0v) is 26.9. The molecule has 1 aliphatic carbocycles. The quantitative estimate of drug-likeness (QED) is 0.189. The molecule has 0 bridgehead atoms. The first-order valence-corrected chi connectivity index (χ1v) is 17.0. The van der Waals surface area contributed by atoms with Crippen molar-refractivity contribution in [2.45, 2.75) is 91.2 Å². The lowest BCUT2D eigenvalue weighted by molar-refractivity contribution is 0.166. The highest BCUT2D eigenvalue weighted by molar-refractivity contribution is 7.58. The van der Waals surface area contributed by atoms with E-state index >= 15 is 4.39 Å². The van der Waals surface area contributed by atoms with Gasteiger partial charge in [0.2, 0.25) is 13.2 Å². The predicted octanol–water partition coefficient (Wildman–Crippen LogP) is 8.27. The number of halogens is 1. The van der Waals surface area contributed by atoms with E-state index in [0.29, 0.717) is 42.6 Å². The van der Waals surface area contributed by atoms with Crippen molar-refractivity contribution in [2.75, 3.05) is 13.3 Å². The van der Waals surface area contributed by atoms with Crippen LogP contribution in [0.3, 0.4) is 0 Å². The average Bonchev–Trinajstić information content (AvgIpc) is 3.80. The largest absolute Gasteiger partial charge is 0.489 e. The van der Waals surface area contributed by atoms with E-state index in [1.54, 1.807) is 13.0 Å². The number of pyridine rings is 1. The molecule has 0 saturated heterocycles. The van der Waals surface area contributed by atoms with Gasteiger partial charge in [0, 0.05) is 42.1 Å². The predicted molar refractivity (Wildman–Crippen MR) is 168 cm³/mol. The molecule has 1 heterocycles. The molecule has 42 heavy (non-hydrogen) atoms. The van der Waals surface area contributed by atoms with Crippen molar-refractivity contribution in [1.82, 2.24) is 9.88 Å². The molecule has 228 valence electrons. The van der Waals surface area contributed by atoms with Gasteiger partial charge in [-0.05, 0) is 86.8 Å². The summed E-state index contributed by atoms with van der Waals surface area (Å²) in [6.07, 6.45) is 3.67. The van der Waals surface area contributed by atoms with Gasteiger partial charge in [-0.15, -0.1) is 0 Å². The number of methoxy groups -OCH3 is 1. The monoisotopic (exact) mass is 596 g/mol. The smallest absolute Gasteiger partial charge is 0.213 e. The summed E-state index contributed by atoms with van der Waals surface area (Å²) in [6, 6.07) is 16.3. The summed E-state index contributed by atoms with van der Waals surface area (Å²) >= 11 is 0. The van der Waals surface area contributed by atoms with Gasteiger partial charge in [-0.25, -0.2) is 9.37 Å². The first kappa shape index (κ1) is 32.2. The van der Waals surface area contributed by atoms with Crippen LogP contribution in [0.2, 0.25) is 0 Å². The van der Waals surface area contributed by atoms with Crippen molar-refractivity contribution in [1.29, 1.82) is 0 Å². The van der Waals surface area contributed by atoms with Crippen LogP contribution >= 0.6 is 7.37 Å². The van der Waals surface area contributed by atoms with E-state index in [1.807, 2.05) is 37.3 Å². The molecule has 0 spiro atoms. The van der Waals surface area contributed by atoms with Crippen molar-refractivity contribution < 1.29 is 23.3 Å². The lowest BCUT2D eigenvalue weighted by Crippen LogP contribution is -2.36. The SMILES string of the molecule is CCP(=O)(O)[C@@H](C)[C@H](c1cccc(OCc2ccc(-c3cc(OC)ncc3F)c(CN(C(C)C)C(C)C)c2)c1)C1CC1. The zero-order chi connectivity index (χ0) is 30.6. The van der Waals surface area contributed by atoms with Crippen LogP contribution in [0.4, 0.5) is 4.39 Å². The van der Waals surface area contributed by atoms with Gasteiger partial charge in [0.1, 0.15) is 18.2 Å². The molecule has 1 saturated carbocycles. The molecular weight excluding hydrogens is 550 g/mol. The molecule has 3 atom stereocenters. The molecule has 1 N–H and O–H groups in total. The molecule has 6 nitrogen and oxygen atoms in total. The molecule has 0 radical (unpaired) electrons. The Bertz CT molecular complexity index is 1400. The van der Waals surface area contributed by atoms with E-state index in [4.69, 9.17) is 9.47 Å². The standard InChI is InChI=1S/C34H46FN2O4P/c1-8-42(38,39)24(6)34(26-13-14-26)27-10-9-11-29(17-27)41-21-25-12-15-30(31-18-33(40-7)36-19-32(31)35)28(16-25)20-37(22(2)3)23(4)5/h9-12,15-19,22-24,26,34H,8,13-14,20-21H2,1-7H3,(H,38,39)/t24-,34-/m0/s1. The Morgan fingerprint density at radius 2 is 1.76 bits per heavy atom. The number of benzene rings is 2. The van der Waals surface area contributed by atoms with E-state index in [2.05, 4.69) is 49.7 Å². The summed E-state index contributed by atoms with van der Waals surface area (Å²) < 4.78 is 39.5. The molecule has 2 aromatic carbocycles. The highest BCUT2D eigenvalue weighted by Crippen LogP contribution is 2.57. The molecular formula is C34H46FN2O4P. The lowest BCUT2D eigenvalue weighted by atomic mass is 9.91. The maximum atomic E-state index is 15.0. The van der Waals surface area contributed by atoms with Crippen LogP contribution in [-0.4, -0.2) is 45.8 Å². The van der Waals surface area contributed by atoms with Crippen LogP contribution in [0.1, 0.15) is 77.0 Å². The Balaban J connectivity index is 1.62. The third kappa shape index (κ3) is 7.61. The fourth-order valence-corrected chi connectivity index (χ4v) is 7.44. The topological polar surface area (TPSA) is 71.9 Å². The van der Waals surface area contributed by atoms with Crippen LogP contribution in [0, 0.1) is 11.7 Å². The van der Waals surface area contributed by atoms with Crippen molar-refractivity contribution in [3.05, 3.63) is 77.2 Å². The molecule has 1 aliphatic rings. The highest BCUT2D eigenvalue weighted by atomic mass is 31.2. The van der Waals surface area contributed by atoms with Gasteiger partial charge in [0.05, 0.1) is 13.3 Å². The van der Waals surface area contributed by atoms with Crippen LogP contribution < -0.4 is 9.47 Å². The second-order valence-corrected chi connectivity index (χ2v) is 15.1. The fourth-order valence-electron chi connectivity index (χ4n) is 5.94. The van der Waals surface area contributed by atoms with Crippen molar-refractivity contribution >= 4 is 7.37 Å². The normalized spacial score (nSPS) is 16.5. The van der Waals surface area contributed by atoms with Gasteiger partial charge < -0.3 is 14.4 Å². The van der Waals surface area contributed by atoms with Crippen LogP contribution in [0.15, 0.2) is 54.7 Å². The second kappa shape index (κ2) is 13.7. The van der Waals surface area contributed by atoms with E-state index in [-0.39, 0.29) is 17.7 Å². The second-order valence-electron chi connectivity index (χ2n) is 12.1. The Hall–Kier alpha value is -2.73. The number of hydrogen-bond donors (Lipinski definition) is 1. The van der Waals surface area contributed by atoms with Crippen molar-refractivity contribution in [3.8, 4) is 22.8 Å². The van der Waals surface area contributed by atoms with Gasteiger partial charge >= 0.3 is 0 Å². The van der Waals surface area contributed by atoms with Gasteiger partial charge in [-0.2, -0.15) is 0 Å². The van der Waals surface area contributed by atoms with E-state index in [0.717, 1.165) is 40.8 Å². The minimum Gasteiger partial charge on any atom is -0.489 e. The highest BCUT2D eigenvalue weighted by Gasteiger charge is 2.42. The summed E-state index contributed by atoms with van der Waals surface area (Å²) in [4.78, 5) is 17.0. The van der Waals surface area contributed by atoms with Crippen molar-refractivity contribution in [2.24, 2.45) is 5.92 Å². The van der Waals surface area contributed by atoms with Gasteiger partial charge in [0.15, 0.2) is 0 Å². The van der Waals surface area contributed by atoms with Gasteiger partial charge in [-0.1, -0.05) is 44.2 Å². The summed E-state index contributed by atoms with van der Waals surface area (Å²) in [5, 5.41) is 0. The number of rotatable bonds is 14. The molecule has 0 aliphatic heterocycles. The number of hydrogen-bond acceptors (Lipinski definition) is 5. The Labute approximate surface area is 250 Å². The minimum atomic E-state index is -3.23. The van der Waals surface area contributed by atoms with Crippen LogP contribution in [0.5, 0.6) is 11.6 Å². The number of ether oxygens (including phenoxy) is 2. The minimum absolute atomic E-state index is 0.0421. The molecule has 3 aromatic rings. The molecule has 4 rings (SSSR count). The number of nitrogens with zero attached hydrogens (tertiary/aromatic N) is 2. The summed E-state index contributed by atoms with van der Waals surface area (Å²) in [5.41, 5.74) is 4.01. The lowest BCUT2D eigenvalue weighted by Gasteiger charge is -2.31. The number of aromatic nitrogens is 1. The van der Waals surface area contributed by atoms with Gasteiger partial charge in [-0.3, -0.25) is 9.46 Å². The summed E-state index contributed by atoms with van der Waals surface area (Å²) in [6.45, 7) is 13.4. The Morgan fingerprint density at radius 3 is 2.38 bits per heavy atom. The maximum Gasteiger partial charge on any atom is 0.213 e. The van der Waals surface area contributed by atoms with Crippen LogP contribution in [-0.2, 0) is 17.7 Å².